The molecule has 2 heterocycles. The largest absolute Gasteiger partial charge is 0.350 e. The van der Waals surface area contributed by atoms with Gasteiger partial charge in [-0.2, -0.15) is 15.5 Å². The molecule has 4 rings (SSSR count). The van der Waals surface area contributed by atoms with Crippen LogP contribution in [0, 0.1) is 30.6 Å². The molecule has 2 fully saturated rings. The summed E-state index contributed by atoms with van der Waals surface area (Å²) in [6, 6.07) is 6.00. The minimum absolute atomic E-state index is 0.0852. The van der Waals surface area contributed by atoms with Gasteiger partial charge in [0, 0.05) is 13.1 Å². The molecule has 0 spiro atoms. The summed E-state index contributed by atoms with van der Waals surface area (Å²) in [4.78, 5) is 33.4. The van der Waals surface area contributed by atoms with Crippen LogP contribution in [-0.2, 0) is 16.1 Å². The van der Waals surface area contributed by atoms with Crippen LogP contribution in [-0.4, -0.2) is 52.0 Å². The lowest BCUT2D eigenvalue weighted by Crippen LogP contribution is -2.53. The van der Waals surface area contributed by atoms with Crippen molar-refractivity contribution in [1.82, 2.24) is 15.2 Å². The summed E-state index contributed by atoms with van der Waals surface area (Å²) in [6.07, 6.45) is -0.150. The monoisotopic (exact) mass is 524 g/mol. The zero-order chi connectivity index (χ0) is 27.0. The van der Waals surface area contributed by atoms with E-state index in [2.05, 4.69) is 32.7 Å². The molecule has 0 bridgehead atoms. The molecular weight excluding hydrogens is 491 g/mol. The number of azo groups is 1. The average molecular weight is 525 g/mol. The van der Waals surface area contributed by atoms with E-state index in [-0.39, 0.29) is 19.5 Å². The van der Waals surface area contributed by atoms with Crippen LogP contribution in [0.5, 0.6) is 0 Å². The Morgan fingerprint density at radius 2 is 2.08 bits per heavy atom. The molecule has 1 aromatic heterocycles. The standard InChI is InChI=1S/C27H33FN6O2S/c1-16-12-18(22-17(2)31-15-37-22)6-7-19(16)13-30-24(35)21-20(28)8-11-34(21)25(36)23(26(3,4)5)32-33-27(14-29)9-10-27/h6-7,12,15,20-21,23H,8-11,13H2,1-5H3,(H,30,35)/t20-,21-,23+/m0/s1. The fourth-order valence-electron chi connectivity index (χ4n) is 4.48. The van der Waals surface area contributed by atoms with Crippen molar-refractivity contribution in [3.63, 3.8) is 0 Å². The number of rotatable bonds is 7. The number of benzene rings is 1. The zero-order valence-electron chi connectivity index (χ0n) is 21.9. The lowest BCUT2D eigenvalue weighted by Gasteiger charge is -2.32. The summed E-state index contributed by atoms with van der Waals surface area (Å²) < 4.78 is 14.9. The number of halogens is 1. The maximum absolute atomic E-state index is 14.9. The van der Waals surface area contributed by atoms with Crippen molar-refractivity contribution < 1.29 is 14.0 Å². The SMILES string of the molecule is Cc1cc(-c2scnc2C)ccc1CNC(=O)[C@@H]1[C@@H](F)CCN1C(=O)[C@@H](N=NC1(C#N)CC1)C(C)(C)C. The summed E-state index contributed by atoms with van der Waals surface area (Å²) in [5.74, 6) is -0.967. The Hall–Kier alpha value is -3.19. The molecule has 1 aliphatic heterocycles. The molecule has 1 N–H and O–H groups in total. The van der Waals surface area contributed by atoms with E-state index in [4.69, 9.17) is 0 Å². The molecule has 2 amide bonds. The summed E-state index contributed by atoms with van der Waals surface area (Å²) in [6.45, 7) is 9.83. The highest BCUT2D eigenvalue weighted by Gasteiger charge is 2.48. The number of aryl methyl sites for hydroxylation is 2. The van der Waals surface area contributed by atoms with E-state index < -0.39 is 41.0 Å². The lowest BCUT2D eigenvalue weighted by molar-refractivity contribution is -0.142. The maximum Gasteiger partial charge on any atom is 0.250 e. The normalized spacial score (nSPS) is 21.6. The Balaban J connectivity index is 1.46. The first kappa shape index (κ1) is 26.9. The highest BCUT2D eigenvalue weighted by atomic mass is 32.1. The summed E-state index contributed by atoms with van der Waals surface area (Å²) in [7, 11) is 0. The summed E-state index contributed by atoms with van der Waals surface area (Å²) in [5, 5.41) is 20.6. The molecule has 2 aliphatic rings. The third-order valence-corrected chi connectivity index (χ3v) is 8.01. The summed E-state index contributed by atoms with van der Waals surface area (Å²) in [5.41, 5.74) is 4.31. The number of carbonyl (C=O) groups excluding carboxylic acids is 2. The molecule has 8 nitrogen and oxygen atoms in total. The predicted octanol–water partition coefficient (Wildman–Crippen LogP) is 4.91. The molecule has 196 valence electrons. The van der Waals surface area contributed by atoms with Gasteiger partial charge in [-0.1, -0.05) is 39.0 Å². The van der Waals surface area contributed by atoms with Crippen molar-refractivity contribution in [1.29, 1.82) is 5.26 Å². The van der Waals surface area contributed by atoms with E-state index in [1.807, 2.05) is 52.3 Å². The molecule has 2 aromatic rings. The molecule has 1 saturated carbocycles. The van der Waals surface area contributed by atoms with Crippen LogP contribution in [0.25, 0.3) is 10.4 Å². The van der Waals surface area contributed by atoms with E-state index in [1.165, 1.54) is 4.90 Å². The number of thiazole rings is 1. The number of likely N-dealkylation sites (tertiary alicyclic amines) is 1. The van der Waals surface area contributed by atoms with Gasteiger partial charge in [0.1, 0.15) is 12.2 Å². The fourth-order valence-corrected chi connectivity index (χ4v) is 5.28. The average Bonchev–Trinajstić information content (AvgIpc) is 3.32. The number of aromatic nitrogens is 1. The Morgan fingerprint density at radius 3 is 2.65 bits per heavy atom. The van der Waals surface area contributed by atoms with E-state index in [0.717, 1.165) is 27.3 Å². The van der Waals surface area contributed by atoms with Crippen molar-refractivity contribution in [3.05, 3.63) is 40.5 Å². The van der Waals surface area contributed by atoms with E-state index in [9.17, 15) is 19.2 Å². The second kappa shape index (κ2) is 10.3. The second-order valence-corrected chi connectivity index (χ2v) is 11.9. The van der Waals surface area contributed by atoms with Crippen LogP contribution in [0.2, 0.25) is 0 Å². The molecule has 1 aromatic carbocycles. The first-order chi connectivity index (χ1) is 17.5. The Bertz CT molecular complexity index is 1260. The third kappa shape index (κ3) is 5.72. The van der Waals surface area contributed by atoms with Gasteiger partial charge in [0.25, 0.3) is 5.91 Å². The van der Waals surface area contributed by atoms with Gasteiger partial charge < -0.3 is 10.2 Å². The Labute approximate surface area is 221 Å². The maximum atomic E-state index is 14.9. The highest BCUT2D eigenvalue weighted by molar-refractivity contribution is 7.13. The van der Waals surface area contributed by atoms with E-state index in [0.29, 0.717) is 12.8 Å². The molecule has 10 heteroatoms. The topological polar surface area (TPSA) is 111 Å². The molecule has 3 atom stereocenters. The molecule has 0 unspecified atom stereocenters. The third-order valence-electron chi connectivity index (χ3n) is 7.03. The number of nitriles is 1. The van der Waals surface area contributed by atoms with Crippen LogP contribution in [0.4, 0.5) is 4.39 Å². The van der Waals surface area contributed by atoms with Crippen molar-refractivity contribution in [3.8, 4) is 16.5 Å². The fraction of sp³-hybridized carbons (Fsp3) is 0.556. The lowest BCUT2D eigenvalue weighted by atomic mass is 9.86. The van der Waals surface area contributed by atoms with Crippen molar-refractivity contribution in [2.45, 2.75) is 84.2 Å². The van der Waals surface area contributed by atoms with Crippen LogP contribution in [0.1, 0.15) is 56.9 Å². The number of hydrogen-bond acceptors (Lipinski definition) is 7. The molecule has 1 aliphatic carbocycles. The van der Waals surface area contributed by atoms with Crippen molar-refractivity contribution >= 4 is 23.2 Å². The number of nitrogens with one attached hydrogen (secondary N) is 1. The van der Waals surface area contributed by atoms with Crippen LogP contribution in [0.3, 0.4) is 0 Å². The van der Waals surface area contributed by atoms with Crippen LogP contribution < -0.4 is 5.32 Å². The van der Waals surface area contributed by atoms with Gasteiger partial charge in [-0.15, -0.1) is 11.3 Å². The van der Waals surface area contributed by atoms with Gasteiger partial charge in [-0.05, 0) is 55.2 Å². The van der Waals surface area contributed by atoms with E-state index >= 15 is 0 Å². The van der Waals surface area contributed by atoms with Crippen molar-refractivity contribution in [2.75, 3.05) is 6.54 Å². The number of hydrogen-bond donors (Lipinski definition) is 1. The van der Waals surface area contributed by atoms with Gasteiger partial charge in [0.15, 0.2) is 11.6 Å². The van der Waals surface area contributed by atoms with Crippen molar-refractivity contribution in [2.24, 2.45) is 15.6 Å². The molecule has 37 heavy (non-hydrogen) atoms. The second-order valence-electron chi connectivity index (χ2n) is 11.0. The van der Waals surface area contributed by atoms with Gasteiger partial charge in [-0.3, -0.25) is 9.59 Å². The first-order valence-electron chi connectivity index (χ1n) is 12.5. The number of alkyl halides is 1. The number of carbonyl (C=O) groups is 2. The van der Waals surface area contributed by atoms with Gasteiger partial charge >= 0.3 is 0 Å². The molecular formula is C27H33FN6O2S. The van der Waals surface area contributed by atoms with Crippen LogP contribution in [0.15, 0.2) is 33.9 Å². The van der Waals surface area contributed by atoms with E-state index in [1.54, 1.807) is 11.3 Å². The van der Waals surface area contributed by atoms with Gasteiger partial charge in [0.2, 0.25) is 5.91 Å². The predicted molar refractivity (Wildman–Crippen MR) is 140 cm³/mol. The van der Waals surface area contributed by atoms with Gasteiger partial charge in [0.05, 0.1) is 22.2 Å². The number of nitrogens with zero attached hydrogens (tertiary/aromatic N) is 5. The van der Waals surface area contributed by atoms with Crippen LogP contribution >= 0.6 is 11.3 Å². The molecule has 0 radical (unpaired) electrons. The summed E-state index contributed by atoms with van der Waals surface area (Å²) >= 11 is 1.58. The quantitative estimate of drug-likeness (QED) is 0.519. The number of amides is 2. The minimum atomic E-state index is -1.46. The molecule has 1 saturated heterocycles. The van der Waals surface area contributed by atoms with Gasteiger partial charge in [-0.25, -0.2) is 9.37 Å². The first-order valence-corrected chi connectivity index (χ1v) is 13.4. The minimum Gasteiger partial charge on any atom is -0.350 e. The highest BCUT2D eigenvalue weighted by Crippen LogP contribution is 2.40. The Kier molecular flexibility index (Phi) is 7.47. The smallest absolute Gasteiger partial charge is 0.250 e. The Morgan fingerprint density at radius 1 is 1.35 bits per heavy atom. The zero-order valence-corrected chi connectivity index (χ0v) is 22.7.